The molecule has 4 heteroatoms. The first-order valence-corrected chi connectivity index (χ1v) is 4.82. The normalized spacial score (nSPS) is 10.2. The first-order chi connectivity index (χ1) is 7.59. The standard InChI is InChI=1S/C12H13N3O/c13-7-4-5-8(11(16)6-7)9-2-1-3-10(14)12(9)15/h1-6,16H,13-15H2. The maximum atomic E-state index is 9.78. The predicted octanol–water partition coefficient (Wildman–Crippen LogP) is 1.81. The third kappa shape index (κ3) is 1.61. The minimum absolute atomic E-state index is 0.0947. The van der Waals surface area contributed by atoms with Gasteiger partial charge in [-0.25, -0.2) is 0 Å². The molecule has 0 fully saturated rings. The maximum Gasteiger partial charge on any atom is 0.125 e. The van der Waals surface area contributed by atoms with Crippen LogP contribution in [0, 0.1) is 0 Å². The number of nitrogens with two attached hydrogens (primary N) is 3. The lowest BCUT2D eigenvalue weighted by Gasteiger charge is -2.10. The minimum Gasteiger partial charge on any atom is -0.507 e. The number of rotatable bonds is 1. The summed E-state index contributed by atoms with van der Waals surface area (Å²) in [7, 11) is 0. The van der Waals surface area contributed by atoms with Crippen molar-refractivity contribution in [2.75, 3.05) is 17.2 Å². The first kappa shape index (κ1) is 10.2. The molecule has 2 aromatic rings. The second-order valence-electron chi connectivity index (χ2n) is 3.59. The van der Waals surface area contributed by atoms with E-state index in [0.29, 0.717) is 28.2 Å². The van der Waals surface area contributed by atoms with Crippen molar-refractivity contribution in [3.05, 3.63) is 36.4 Å². The highest BCUT2D eigenvalue weighted by Gasteiger charge is 2.09. The molecule has 0 aliphatic rings. The molecule has 4 nitrogen and oxygen atoms in total. The number of hydrogen-bond acceptors (Lipinski definition) is 4. The molecule has 16 heavy (non-hydrogen) atoms. The van der Waals surface area contributed by atoms with E-state index in [2.05, 4.69) is 0 Å². The largest absolute Gasteiger partial charge is 0.507 e. The number of phenols is 1. The van der Waals surface area contributed by atoms with Crippen LogP contribution in [0.5, 0.6) is 5.75 Å². The van der Waals surface area contributed by atoms with Gasteiger partial charge in [0.25, 0.3) is 0 Å². The Kier molecular flexibility index (Phi) is 2.32. The summed E-state index contributed by atoms with van der Waals surface area (Å²) in [4.78, 5) is 0. The Morgan fingerprint density at radius 3 is 2.31 bits per heavy atom. The van der Waals surface area contributed by atoms with Crippen molar-refractivity contribution in [2.45, 2.75) is 0 Å². The van der Waals surface area contributed by atoms with Crippen LogP contribution in [0.1, 0.15) is 0 Å². The van der Waals surface area contributed by atoms with Crippen LogP contribution in [-0.4, -0.2) is 5.11 Å². The number of nitrogen functional groups attached to an aromatic ring is 3. The van der Waals surface area contributed by atoms with Crippen LogP contribution < -0.4 is 17.2 Å². The molecular formula is C12H13N3O. The van der Waals surface area contributed by atoms with Crippen molar-refractivity contribution in [3.63, 3.8) is 0 Å². The number of hydrogen-bond donors (Lipinski definition) is 4. The Hall–Kier alpha value is -2.36. The highest BCUT2D eigenvalue weighted by atomic mass is 16.3. The van der Waals surface area contributed by atoms with Crippen LogP contribution in [0.3, 0.4) is 0 Å². The Labute approximate surface area is 93.3 Å². The molecule has 82 valence electrons. The summed E-state index contributed by atoms with van der Waals surface area (Å²) >= 11 is 0. The fraction of sp³-hybridized carbons (Fsp3) is 0. The Morgan fingerprint density at radius 2 is 1.62 bits per heavy atom. The van der Waals surface area contributed by atoms with Gasteiger partial charge < -0.3 is 22.3 Å². The predicted molar refractivity (Wildman–Crippen MR) is 66.8 cm³/mol. The quantitative estimate of drug-likeness (QED) is 0.545. The highest BCUT2D eigenvalue weighted by molar-refractivity contribution is 5.87. The molecule has 0 aliphatic heterocycles. The molecule has 0 atom stereocenters. The monoisotopic (exact) mass is 215 g/mol. The van der Waals surface area contributed by atoms with Crippen molar-refractivity contribution in [3.8, 4) is 16.9 Å². The Morgan fingerprint density at radius 1 is 0.875 bits per heavy atom. The van der Waals surface area contributed by atoms with Crippen LogP contribution in [-0.2, 0) is 0 Å². The number of para-hydroxylation sites is 1. The highest BCUT2D eigenvalue weighted by Crippen LogP contribution is 2.36. The molecule has 7 N–H and O–H groups in total. The van der Waals surface area contributed by atoms with Gasteiger partial charge in [-0.3, -0.25) is 0 Å². The number of aromatic hydroxyl groups is 1. The van der Waals surface area contributed by atoms with Crippen molar-refractivity contribution in [1.29, 1.82) is 0 Å². The van der Waals surface area contributed by atoms with Crippen molar-refractivity contribution < 1.29 is 5.11 Å². The van der Waals surface area contributed by atoms with Gasteiger partial charge in [0.15, 0.2) is 0 Å². The van der Waals surface area contributed by atoms with Gasteiger partial charge in [0.2, 0.25) is 0 Å². The topological polar surface area (TPSA) is 98.3 Å². The summed E-state index contributed by atoms with van der Waals surface area (Å²) in [6, 6.07) is 10.2. The van der Waals surface area contributed by atoms with Gasteiger partial charge in [0.05, 0.1) is 11.4 Å². The van der Waals surface area contributed by atoms with E-state index in [4.69, 9.17) is 17.2 Å². The van der Waals surface area contributed by atoms with Crippen molar-refractivity contribution >= 4 is 17.1 Å². The zero-order chi connectivity index (χ0) is 11.7. The molecule has 2 rings (SSSR count). The van der Waals surface area contributed by atoms with E-state index in [1.807, 2.05) is 0 Å². The van der Waals surface area contributed by atoms with E-state index in [-0.39, 0.29) is 5.75 Å². The fourth-order valence-electron chi connectivity index (χ4n) is 1.59. The summed E-state index contributed by atoms with van der Waals surface area (Å²) in [5.41, 5.74) is 19.9. The lowest BCUT2D eigenvalue weighted by molar-refractivity contribution is 0.477. The average Bonchev–Trinajstić information content (AvgIpc) is 2.23. The van der Waals surface area contributed by atoms with E-state index >= 15 is 0 Å². The molecule has 0 heterocycles. The zero-order valence-corrected chi connectivity index (χ0v) is 8.64. The summed E-state index contributed by atoms with van der Waals surface area (Å²) in [5, 5.41) is 9.78. The average molecular weight is 215 g/mol. The van der Waals surface area contributed by atoms with E-state index < -0.39 is 0 Å². The van der Waals surface area contributed by atoms with E-state index in [1.165, 1.54) is 6.07 Å². The first-order valence-electron chi connectivity index (χ1n) is 4.82. The molecule has 0 aromatic heterocycles. The molecule has 0 saturated heterocycles. The molecule has 0 bridgehead atoms. The smallest absolute Gasteiger partial charge is 0.125 e. The second kappa shape index (κ2) is 3.66. The molecule has 0 radical (unpaired) electrons. The fourth-order valence-corrected chi connectivity index (χ4v) is 1.59. The van der Waals surface area contributed by atoms with Crippen molar-refractivity contribution in [1.82, 2.24) is 0 Å². The van der Waals surface area contributed by atoms with Gasteiger partial charge >= 0.3 is 0 Å². The molecule has 0 saturated carbocycles. The minimum atomic E-state index is 0.0947. The summed E-state index contributed by atoms with van der Waals surface area (Å²) < 4.78 is 0. The van der Waals surface area contributed by atoms with Gasteiger partial charge in [0, 0.05) is 22.9 Å². The summed E-state index contributed by atoms with van der Waals surface area (Å²) in [6.07, 6.45) is 0. The van der Waals surface area contributed by atoms with Crippen molar-refractivity contribution in [2.24, 2.45) is 0 Å². The third-order valence-corrected chi connectivity index (χ3v) is 2.45. The van der Waals surface area contributed by atoms with Gasteiger partial charge in [-0.1, -0.05) is 12.1 Å². The van der Waals surface area contributed by atoms with E-state index in [1.54, 1.807) is 30.3 Å². The molecular weight excluding hydrogens is 202 g/mol. The Bertz CT molecular complexity index is 538. The van der Waals surface area contributed by atoms with E-state index in [0.717, 1.165) is 0 Å². The lowest BCUT2D eigenvalue weighted by Crippen LogP contribution is -1.97. The molecule has 2 aromatic carbocycles. The molecule has 0 spiro atoms. The van der Waals surface area contributed by atoms with Crippen LogP contribution >= 0.6 is 0 Å². The van der Waals surface area contributed by atoms with Crippen LogP contribution in [0.25, 0.3) is 11.1 Å². The maximum absolute atomic E-state index is 9.78. The SMILES string of the molecule is Nc1ccc(-c2cccc(N)c2N)c(O)c1. The summed E-state index contributed by atoms with van der Waals surface area (Å²) in [5.74, 6) is 0.0947. The molecule has 0 unspecified atom stereocenters. The number of phenolic OH excluding ortho intramolecular Hbond substituents is 1. The summed E-state index contributed by atoms with van der Waals surface area (Å²) in [6.45, 7) is 0. The van der Waals surface area contributed by atoms with Crippen LogP contribution in [0.2, 0.25) is 0 Å². The van der Waals surface area contributed by atoms with E-state index in [9.17, 15) is 5.11 Å². The number of benzene rings is 2. The van der Waals surface area contributed by atoms with Crippen LogP contribution in [0.4, 0.5) is 17.1 Å². The van der Waals surface area contributed by atoms with Gasteiger partial charge in [-0.2, -0.15) is 0 Å². The lowest BCUT2D eigenvalue weighted by atomic mass is 10.0. The number of anilines is 3. The third-order valence-electron chi connectivity index (χ3n) is 2.45. The van der Waals surface area contributed by atoms with Crippen LogP contribution in [0.15, 0.2) is 36.4 Å². The van der Waals surface area contributed by atoms with Gasteiger partial charge in [-0.15, -0.1) is 0 Å². The molecule has 0 amide bonds. The van der Waals surface area contributed by atoms with Gasteiger partial charge in [-0.05, 0) is 18.2 Å². The van der Waals surface area contributed by atoms with Gasteiger partial charge in [0.1, 0.15) is 5.75 Å². The zero-order valence-electron chi connectivity index (χ0n) is 8.64. The Balaban J connectivity index is 2.63. The second-order valence-corrected chi connectivity index (χ2v) is 3.59. The molecule has 0 aliphatic carbocycles.